The molecule has 6 heteroatoms. The number of nitrogens with one attached hydrogen (secondary N) is 2. The van der Waals surface area contributed by atoms with Crippen LogP contribution in [0.5, 0.6) is 5.75 Å². The molecule has 1 aromatic carbocycles. The smallest absolute Gasteiger partial charge is 0.238 e. The van der Waals surface area contributed by atoms with Crippen molar-refractivity contribution in [3.05, 3.63) is 29.8 Å². The number of benzene rings is 1. The van der Waals surface area contributed by atoms with Crippen molar-refractivity contribution in [2.75, 3.05) is 6.61 Å². The van der Waals surface area contributed by atoms with Gasteiger partial charge in [-0.15, -0.1) is 0 Å². The molecule has 2 amide bonds. The molecule has 0 heterocycles. The Labute approximate surface area is 184 Å². The zero-order valence-electron chi connectivity index (χ0n) is 18.5. The molecule has 4 aliphatic carbocycles. The second-order valence-electron chi connectivity index (χ2n) is 9.99. The summed E-state index contributed by atoms with van der Waals surface area (Å²) in [4.78, 5) is 36.9. The largest absolute Gasteiger partial charge is 0.494 e. The molecule has 4 saturated carbocycles. The van der Waals surface area contributed by atoms with Crippen molar-refractivity contribution in [1.29, 1.82) is 0 Å². The Bertz CT molecular complexity index is 782. The minimum absolute atomic E-state index is 0.0462. The predicted octanol–water partition coefficient (Wildman–Crippen LogP) is 4.19. The number of ether oxygens (including phenoxy) is 1. The van der Waals surface area contributed by atoms with Crippen LogP contribution in [0.15, 0.2) is 24.3 Å². The SMILES string of the molecule is CCCOc1ccc(C(=O)CCC(=O)NNC(=O)CC23CC4CC(CC(C4)C2)C3)cc1. The number of carbonyl (C=O) groups excluding carboxylic acids is 3. The van der Waals surface area contributed by atoms with E-state index in [0.717, 1.165) is 49.2 Å². The van der Waals surface area contributed by atoms with Gasteiger partial charge in [0.05, 0.1) is 6.61 Å². The van der Waals surface area contributed by atoms with Gasteiger partial charge >= 0.3 is 0 Å². The first-order valence-electron chi connectivity index (χ1n) is 11.8. The Morgan fingerprint density at radius 1 is 0.903 bits per heavy atom. The van der Waals surface area contributed by atoms with Gasteiger partial charge in [0.2, 0.25) is 11.8 Å². The van der Waals surface area contributed by atoms with E-state index in [4.69, 9.17) is 4.74 Å². The van der Waals surface area contributed by atoms with E-state index in [9.17, 15) is 14.4 Å². The van der Waals surface area contributed by atoms with Crippen LogP contribution in [0, 0.1) is 23.2 Å². The van der Waals surface area contributed by atoms with Crippen LogP contribution in [0.25, 0.3) is 0 Å². The molecule has 168 valence electrons. The number of hydrogen-bond acceptors (Lipinski definition) is 4. The van der Waals surface area contributed by atoms with Crippen LogP contribution in [-0.4, -0.2) is 24.2 Å². The number of Topliss-reactive ketones (excluding diaryl/α,β-unsaturated/α-hetero) is 1. The molecule has 5 rings (SSSR count). The third-order valence-electron chi connectivity index (χ3n) is 7.27. The molecule has 0 aromatic heterocycles. The Balaban J connectivity index is 1.17. The molecule has 0 saturated heterocycles. The van der Waals surface area contributed by atoms with E-state index in [1.165, 1.54) is 19.3 Å². The molecule has 6 nitrogen and oxygen atoms in total. The first-order valence-corrected chi connectivity index (χ1v) is 11.8. The van der Waals surface area contributed by atoms with E-state index in [0.29, 0.717) is 18.6 Å². The first-order chi connectivity index (χ1) is 14.9. The van der Waals surface area contributed by atoms with Crippen LogP contribution in [0.3, 0.4) is 0 Å². The van der Waals surface area contributed by atoms with E-state index in [-0.39, 0.29) is 35.9 Å². The lowest BCUT2D eigenvalue weighted by atomic mass is 9.49. The number of amides is 2. The highest BCUT2D eigenvalue weighted by molar-refractivity contribution is 5.98. The lowest BCUT2D eigenvalue weighted by Gasteiger charge is -2.56. The number of carbonyl (C=O) groups is 3. The number of rotatable bonds is 9. The third-order valence-corrected chi connectivity index (χ3v) is 7.27. The Kier molecular flexibility index (Phi) is 6.63. The summed E-state index contributed by atoms with van der Waals surface area (Å²) in [6, 6.07) is 6.98. The van der Waals surface area contributed by atoms with Crippen molar-refractivity contribution in [2.24, 2.45) is 23.2 Å². The highest BCUT2D eigenvalue weighted by Crippen LogP contribution is 2.61. The van der Waals surface area contributed by atoms with Gasteiger partial charge in [0.1, 0.15) is 5.75 Å². The molecule has 31 heavy (non-hydrogen) atoms. The standard InChI is InChI=1S/C25H34N2O4/c1-2-9-31-21-5-3-20(4-6-21)22(28)7-8-23(29)26-27-24(30)16-25-13-17-10-18(14-25)12-19(11-17)15-25/h3-6,17-19H,2,7-16H2,1H3,(H,26,29)(H,27,30). The van der Waals surface area contributed by atoms with E-state index >= 15 is 0 Å². The normalized spacial score (nSPS) is 28.2. The summed E-state index contributed by atoms with van der Waals surface area (Å²) in [6.45, 7) is 2.68. The van der Waals surface area contributed by atoms with Crippen molar-refractivity contribution in [3.63, 3.8) is 0 Å². The van der Waals surface area contributed by atoms with Crippen molar-refractivity contribution >= 4 is 17.6 Å². The second kappa shape index (κ2) is 9.41. The summed E-state index contributed by atoms with van der Waals surface area (Å²) in [5.41, 5.74) is 5.78. The highest BCUT2D eigenvalue weighted by atomic mass is 16.5. The Morgan fingerprint density at radius 3 is 2.06 bits per heavy atom. The molecule has 2 N–H and O–H groups in total. The van der Waals surface area contributed by atoms with Crippen molar-refractivity contribution < 1.29 is 19.1 Å². The Morgan fingerprint density at radius 2 is 1.48 bits per heavy atom. The average molecular weight is 427 g/mol. The fourth-order valence-corrected chi connectivity index (χ4v) is 6.42. The van der Waals surface area contributed by atoms with E-state index in [1.54, 1.807) is 24.3 Å². The van der Waals surface area contributed by atoms with Crippen LogP contribution in [-0.2, 0) is 9.59 Å². The average Bonchev–Trinajstić information content (AvgIpc) is 2.73. The van der Waals surface area contributed by atoms with Gasteiger partial charge in [-0.3, -0.25) is 25.2 Å². The number of ketones is 1. The Hall–Kier alpha value is -2.37. The summed E-state index contributed by atoms with van der Waals surface area (Å²) in [7, 11) is 0. The lowest BCUT2D eigenvalue weighted by molar-refractivity contribution is -0.134. The summed E-state index contributed by atoms with van der Waals surface area (Å²) >= 11 is 0. The van der Waals surface area contributed by atoms with Crippen molar-refractivity contribution in [1.82, 2.24) is 10.9 Å². The minimum atomic E-state index is -0.338. The third kappa shape index (κ3) is 5.46. The van der Waals surface area contributed by atoms with Crippen LogP contribution < -0.4 is 15.6 Å². The molecule has 0 aliphatic heterocycles. The summed E-state index contributed by atoms with van der Waals surface area (Å²) < 4.78 is 5.51. The van der Waals surface area contributed by atoms with Crippen LogP contribution >= 0.6 is 0 Å². The zero-order valence-corrected chi connectivity index (χ0v) is 18.5. The maximum atomic E-state index is 12.5. The van der Waals surface area contributed by atoms with E-state index in [2.05, 4.69) is 10.9 Å². The highest BCUT2D eigenvalue weighted by Gasteiger charge is 2.51. The van der Waals surface area contributed by atoms with Crippen LogP contribution in [0.4, 0.5) is 0 Å². The van der Waals surface area contributed by atoms with Gasteiger partial charge < -0.3 is 4.74 Å². The van der Waals surface area contributed by atoms with E-state index < -0.39 is 0 Å². The monoisotopic (exact) mass is 426 g/mol. The molecule has 0 unspecified atom stereocenters. The maximum absolute atomic E-state index is 12.5. The molecule has 4 fully saturated rings. The van der Waals surface area contributed by atoms with Crippen molar-refractivity contribution in [2.45, 2.75) is 71.1 Å². The van der Waals surface area contributed by atoms with Gasteiger partial charge in [-0.05, 0) is 92.4 Å². The maximum Gasteiger partial charge on any atom is 0.238 e. The summed E-state index contributed by atoms with van der Waals surface area (Å²) in [5, 5.41) is 0. The lowest BCUT2D eigenvalue weighted by Crippen LogP contribution is -2.50. The van der Waals surface area contributed by atoms with Gasteiger partial charge in [0.25, 0.3) is 0 Å². The fraction of sp³-hybridized carbons (Fsp3) is 0.640. The number of hydrazine groups is 1. The van der Waals surface area contributed by atoms with Gasteiger partial charge in [0, 0.05) is 24.8 Å². The molecule has 4 aliphatic rings. The molecule has 0 spiro atoms. The zero-order chi connectivity index (χ0) is 21.8. The molecule has 4 bridgehead atoms. The van der Waals surface area contributed by atoms with Gasteiger partial charge in [0.15, 0.2) is 5.78 Å². The minimum Gasteiger partial charge on any atom is -0.494 e. The quantitative estimate of drug-likeness (QED) is 0.458. The predicted molar refractivity (Wildman–Crippen MR) is 117 cm³/mol. The van der Waals surface area contributed by atoms with Gasteiger partial charge in [-0.2, -0.15) is 0 Å². The second-order valence-corrected chi connectivity index (χ2v) is 9.99. The van der Waals surface area contributed by atoms with Crippen LogP contribution in [0.1, 0.15) is 81.5 Å². The first kappa shape index (κ1) is 21.8. The molecular formula is C25H34N2O4. The molecule has 0 atom stereocenters. The topological polar surface area (TPSA) is 84.5 Å². The molecular weight excluding hydrogens is 392 g/mol. The van der Waals surface area contributed by atoms with Gasteiger partial charge in [-0.1, -0.05) is 6.92 Å². The van der Waals surface area contributed by atoms with Gasteiger partial charge in [-0.25, -0.2) is 0 Å². The van der Waals surface area contributed by atoms with Crippen molar-refractivity contribution in [3.8, 4) is 5.75 Å². The summed E-state index contributed by atoms with van der Waals surface area (Å²) in [6.07, 6.45) is 9.11. The van der Waals surface area contributed by atoms with E-state index in [1.807, 2.05) is 6.92 Å². The van der Waals surface area contributed by atoms with Crippen LogP contribution in [0.2, 0.25) is 0 Å². The molecule has 1 aromatic rings. The fourth-order valence-electron chi connectivity index (χ4n) is 6.42. The number of hydrogen-bond donors (Lipinski definition) is 2. The molecule has 0 radical (unpaired) electrons. The summed E-state index contributed by atoms with van der Waals surface area (Å²) in [5.74, 6) is 2.58.